The molecule has 0 atom stereocenters. The average molecular weight is 386 g/mol. The molecule has 1 aliphatic rings. The molecule has 1 saturated heterocycles. The van der Waals surface area contributed by atoms with Crippen molar-refractivity contribution in [3.63, 3.8) is 0 Å². The Morgan fingerprint density at radius 2 is 1.96 bits per heavy atom. The number of carbonyl (C=O) groups excluding carboxylic acids is 1. The second-order valence-corrected chi connectivity index (χ2v) is 8.94. The molecule has 0 aliphatic carbocycles. The van der Waals surface area contributed by atoms with Crippen molar-refractivity contribution in [3.8, 4) is 0 Å². The van der Waals surface area contributed by atoms with Gasteiger partial charge in [-0.1, -0.05) is 0 Å². The van der Waals surface area contributed by atoms with Crippen LogP contribution in [-0.2, 0) is 14.8 Å². The van der Waals surface area contributed by atoms with E-state index in [0.717, 1.165) is 19.0 Å². The van der Waals surface area contributed by atoms with Gasteiger partial charge in [-0.05, 0) is 70.6 Å². The largest absolute Gasteiger partial charge is 0.356 e. The van der Waals surface area contributed by atoms with Crippen molar-refractivity contribution in [1.82, 2.24) is 14.5 Å². The number of nitrogens with one attached hydrogen (secondary N) is 1. The van der Waals surface area contributed by atoms with Gasteiger partial charge in [-0.3, -0.25) is 4.79 Å². The summed E-state index contributed by atoms with van der Waals surface area (Å²) in [4.78, 5) is 14.4. The Hall–Kier alpha value is -1.51. The first-order valence-electron chi connectivity index (χ1n) is 8.90. The number of hydrogen-bond donors (Lipinski definition) is 1. The second-order valence-electron chi connectivity index (χ2n) is 7.04. The SMILES string of the molecule is Cc1cc(F)ccc1S(=O)(=O)N1CCC(C(=O)NCCCN(C)C)CC1. The molecular weight excluding hydrogens is 357 g/mol. The van der Waals surface area contributed by atoms with Gasteiger partial charge >= 0.3 is 0 Å². The minimum absolute atomic E-state index is 0.00114. The van der Waals surface area contributed by atoms with E-state index >= 15 is 0 Å². The summed E-state index contributed by atoms with van der Waals surface area (Å²) in [6.45, 7) is 3.73. The summed E-state index contributed by atoms with van der Waals surface area (Å²) in [5, 5.41) is 2.93. The van der Waals surface area contributed by atoms with Crippen LogP contribution in [-0.4, -0.2) is 63.8 Å². The number of sulfonamides is 1. The van der Waals surface area contributed by atoms with Gasteiger partial charge in [-0.25, -0.2) is 12.8 Å². The molecule has 8 heteroatoms. The van der Waals surface area contributed by atoms with Gasteiger partial charge in [-0.15, -0.1) is 0 Å². The Kier molecular flexibility index (Phi) is 7.14. The number of halogens is 1. The number of benzene rings is 1. The first-order valence-corrected chi connectivity index (χ1v) is 10.3. The topological polar surface area (TPSA) is 69.7 Å². The van der Waals surface area contributed by atoms with Crippen LogP contribution in [0.5, 0.6) is 0 Å². The van der Waals surface area contributed by atoms with Gasteiger partial charge in [0.25, 0.3) is 0 Å². The van der Waals surface area contributed by atoms with Gasteiger partial charge in [0.1, 0.15) is 5.82 Å². The maximum Gasteiger partial charge on any atom is 0.243 e. The lowest BCUT2D eigenvalue weighted by atomic mass is 9.97. The molecule has 1 aromatic carbocycles. The molecule has 0 bridgehead atoms. The number of rotatable bonds is 7. The van der Waals surface area contributed by atoms with Crippen LogP contribution >= 0.6 is 0 Å². The smallest absolute Gasteiger partial charge is 0.243 e. The van der Waals surface area contributed by atoms with Crippen LogP contribution in [0, 0.1) is 18.7 Å². The highest BCUT2D eigenvalue weighted by molar-refractivity contribution is 7.89. The standard InChI is InChI=1S/C18H28FN3O3S/c1-14-13-16(19)5-6-17(14)26(24,25)22-11-7-15(8-12-22)18(23)20-9-4-10-21(2)3/h5-6,13,15H,4,7-12H2,1-3H3,(H,20,23). The molecule has 1 N–H and O–H groups in total. The number of nitrogens with zero attached hydrogens (tertiary/aromatic N) is 2. The third kappa shape index (κ3) is 5.25. The molecule has 6 nitrogen and oxygen atoms in total. The normalized spacial score (nSPS) is 16.8. The maximum absolute atomic E-state index is 13.2. The van der Waals surface area contributed by atoms with E-state index in [1.807, 2.05) is 14.1 Å². The van der Waals surface area contributed by atoms with E-state index in [4.69, 9.17) is 0 Å². The highest BCUT2D eigenvalue weighted by Gasteiger charge is 2.32. The maximum atomic E-state index is 13.2. The van der Waals surface area contributed by atoms with Crippen molar-refractivity contribution in [2.75, 3.05) is 40.3 Å². The fourth-order valence-electron chi connectivity index (χ4n) is 3.15. The Bertz CT molecular complexity index is 729. The first kappa shape index (κ1) is 20.8. The zero-order valence-corrected chi connectivity index (χ0v) is 16.5. The van der Waals surface area contributed by atoms with Crippen LogP contribution in [0.3, 0.4) is 0 Å². The number of hydrogen-bond acceptors (Lipinski definition) is 4. The van der Waals surface area contributed by atoms with Crippen LogP contribution in [0.1, 0.15) is 24.8 Å². The Morgan fingerprint density at radius 3 is 2.54 bits per heavy atom. The van der Waals surface area contributed by atoms with Crippen molar-refractivity contribution in [1.29, 1.82) is 0 Å². The number of carbonyl (C=O) groups is 1. The monoisotopic (exact) mass is 385 g/mol. The quantitative estimate of drug-likeness (QED) is 0.724. The zero-order chi connectivity index (χ0) is 19.3. The summed E-state index contributed by atoms with van der Waals surface area (Å²) in [5.41, 5.74) is 0.394. The van der Waals surface area contributed by atoms with E-state index in [-0.39, 0.29) is 16.7 Å². The van der Waals surface area contributed by atoms with Gasteiger partial charge < -0.3 is 10.2 Å². The number of piperidine rings is 1. The molecule has 0 aromatic heterocycles. The van der Waals surface area contributed by atoms with Gasteiger partial charge in [0.05, 0.1) is 4.90 Å². The Labute approximate surface area is 155 Å². The predicted molar refractivity (Wildman–Crippen MR) is 98.8 cm³/mol. The number of aryl methyl sites for hydroxylation is 1. The first-order chi connectivity index (χ1) is 12.2. The van der Waals surface area contributed by atoms with E-state index in [0.29, 0.717) is 38.0 Å². The highest BCUT2D eigenvalue weighted by Crippen LogP contribution is 2.26. The molecule has 146 valence electrons. The fraction of sp³-hybridized carbons (Fsp3) is 0.611. The number of amides is 1. The summed E-state index contributed by atoms with van der Waals surface area (Å²) in [6.07, 6.45) is 1.88. The van der Waals surface area contributed by atoms with Crippen LogP contribution in [0.4, 0.5) is 4.39 Å². The molecule has 26 heavy (non-hydrogen) atoms. The van der Waals surface area contributed by atoms with Crippen LogP contribution in [0.2, 0.25) is 0 Å². The lowest BCUT2D eigenvalue weighted by Gasteiger charge is -2.31. The minimum Gasteiger partial charge on any atom is -0.356 e. The molecule has 1 fully saturated rings. The molecule has 2 rings (SSSR count). The van der Waals surface area contributed by atoms with Crippen molar-refractivity contribution >= 4 is 15.9 Å². The Balaban J connectivity index is 1.90. The minimum atomic E-state index is -3.66. The molecule has 1 aromatic rings. The third-order valence-electron chi connectivity index (χ3n) is 4.66. The van der Waals surface area contributed by atoms with E-state index in [2.05, 4.69) is 10.2 Å². The van der Waals surface area contributed by atoms with Crippen LogP contribution < -0.4 is 5.32 Å². The van der Waals surface area contributed by atoms with E-state index in [9.17, 15) is 17.6 Å². The average Bonchev–Trinajstić information content (AvgIpc) is 2.58. The molecule has 1 amide bonds. The van der Waals surface area contributed by atoms with E-state index < -0.39 is 15.8 Å². The summed E-state index contributed by atoms with van der Waals surface area (Å²) in [6, 6.07) is 3.69. The van der Waals surface area contributed by atoms with Crippen LogP contribution in [0.15, 0.2) is 23.1 Å². The van der Waals surface area contributed by atoms with E-state index in [1.165, 1.54) is 16.4 Å². The zero-order valence-electron chi connectivity index (χ0n) is 15.7. The highest BCUT2D eigenvalue weighted by atomic mass is 32.2. The van der Waals surface area contributed by atoms with E-state index in [1.54, 1.807) is 6.92 Å². The molecule has 0 radical (unpaired) electrons. The predicted octanol–water partition coefficient (Wildman–Crippen LogP) is 1.60. The lowest BCUT2D eigenvalue weighted by molar-refractivity contribution is -0.126. The van der Waals surface area contributed by atoms with Crippen molar-refractivity contribution in [3.05, 3.63) is 29.6 Å². The molecule has 0 saturated carbocycles. The summed E-state index contributed by atoms with van der Waals surface area (Å²) >= 11 is 0. The summed E-state index contributed by atoms with van der Waals surface area (Å²) < 4.78 is 40.2. The summed E-state index contributed by atoms with van der Waals surface area (Å²) in [7, 11) is 0.314. The third-order valence-corrected chi connectivity index (χ3v) is 6.72. The molecule has 1 aliphatic heterocycles. The van der Waals surface area contributed by atoms with Gasteiger partial charge in [0.2, 0.25) is 15.9 Å². The second kappa shape index (κ2) is 8.92. The van der Waals surface area contributed by atoms with Gasteiger partial charge in [0.15, 0.2) is 0 Å². The summed E-state index contributed by atoms with van der Waals surface area (Å²) in [5.74, 6) is -0.611. The van der Waals surface area contributed by atoms with Crippen LogP contribution in [0.25, 0.3) is 0 Å². The Morgan fingerprint density at radius 1 is 1.31 bits per heavy atom. The van der Waals surface area contributed by atoms with Crippen molar-refractivity contribution in [2.24, 2.45) is 5.92 Å². The molecule has 1 heterocycles. The molecular formula is C18H28FN3O3S. The fourth-order valence-corrected chi connectivity index (χ4v) is 4.83. The molecule has 0 spiro atoms. The van der Waals surface area contributed by atoms with Crippen molar-refractivity contribution < 1.29 is 17.6 Å². The lowest BCUT2D eigenvalue weighted by Crippen LogP contribution is -2.43. The van der Waals surface area contributed by atoms with Gasteiger partial charge in [-0.2, -0.15) is 4.31 Å². The van der Waals surface area contributed by atoms with Gasteiger partial charge in [0, 0.05) is 25.6 Å². The molecule has 0 unspecified atom stereocenters. The van der Waals surface area contributed by atoms with Crippen molar-refractivity contribution in [2.45, 2.75) is 31.1 Å².